The van der Waals surface area contributed by atoms with Crippen LogP contribution in [0.1, 0.15) is 38.8 Å². The molecular formula is C14H23BrN2. The molecule has 2 N–H and O–H groups in total. The van der Waals surface area contributed by atoms with Crippen LogP contribution in [0.25, 0.3) is 0 Å². The molecular weight excluding hydrogens is 276 g/mol. The summed E-state index contributed by atoms with van der Waals surface area (Å²) in [5.41, 5.74) is 8.29. The van der Waals surface area contributed by atoms with Crippen molar-refractivity contribution in [1.82, 2.24) is 0 Å². The maximum absolute atomic E-state index is 5.90. The fraction of sp³-hybridized carbons (Fsp3) is 0.571. The molecule has 0 unspecified atom stereocenters. The van der Waals surface area contributed by atoms with E-state index in [1.807, 2.05) is 6.92 Å². The van der Waals surface area contributed by atoms with E-state index in [0.29, 0.717) is 0 Å². The Hall–Kier alpha value is -0.540. The molecule has 0 fully saturated rings. The summed E-state index contributed by atoms with van der Waals surface area (Å²) in [5.74, 6) is 0.740. The van der Waals surface area contributed by atoms with E-state index in [1.165, 1.54) is 12.1 Å². The zero-order chi connectivity index (χ0) is 13.0. The number of rotatable bonds is 5. The lowest BCUT2D eigenvalue weighted by molar-refractivity contribution is 0.585. The molecule has 0 aliphatic carbocycles. The van der Waals surface area contributed by atoms with Crippen molar-refractivity contribution >= 4 is 21.6 Å². The molecule has 0 aromatic heterocycles. The van der Waals surface area contributed by atoms with Crippen LogP contribution in [0, 0.1) is 5.92 Å². The molecule has 3 heteroatoms. The lowest BCUT2D eigenvalue weighted by atomic mass is 10.1. The highest BCUT2D eigenvalue weighted by Crippen LogP contribution is 2.27. The van der Waals surface area contributed by atoms with Crippen molar-refractivity contribution in [3.63, 3.8) is 0 Å². The molecule has 1 rings (SSSR count). The lowest BCUT2D eigenvalue weighted by Gasteiger charge is -2.21. The first-order valence-corrected chi connectivity index (χ1v) is 6.97. The van der Waals surface area contributed by atoms with Crippen LogP contribution in [0.15, 0.2) is 22.7 Å². The maximum Gasteiger partial charge on any atom is 0.0375 e. The summed E-state index contributed by atoms with van der Waals surface area (Å²) < 4.78 is 1.10. The number of anilines is 1. The van der Waals surface area contributed by atoms with Crippen LogP contribution in [0.3, 0.4) is 0 Å². The van der Waals surface area contributed by atoms with Gasteiger partial charge < -0.3 is 10.6 Å². The van der Waals surface area contributed by atoms with Gasteiger partial charge in [-0.3, -0.25) is 0 Å². The van der Waals surface area contributed by atoms with E-state index in [9.17, 15) is 0 Å². The van der Waals surface area contributed by atoms with Gasteiger partial charge in [0.05, 0.1) is 0 Å². The highest BCUT2D eigenvalue weighted by Gasteiger charge is 2.08. The Morgan fingerprint density at radius 1 is 1.29 bits per heavy atom. The van der Waals surface area contributed by atoms with E-state index in [-0.39, 0.29) is 6.04 Å². The van der Waals surface area contributed by atoms with Crippen LogP contribution in [0.2, 0.25) is 0 Å². The van der Waals surface area contributed by atoms with Gasteiger partial charge in [0.15, 0.2) is 0 Å². The summed E-state index contributed by atoms with van der Waals surface area (Å²) in [6, 6.07) is 6.47. The van der Waals surface area contributed by atoms with Gasteiger partial charge in [-0.05, 0) is 37.0 Å². The second kappa shape index (κ2) is 6.41. The zero-order valence-electron chi connectivity index (χ0n) is 11.2. The lowest BCUT2D eigenvalue weighted by Crippen LogP contribution is -2.20. The topological polar surface area (TPSA) is 29.3 Å². The standard InChI is InChI=1S/C14H23BrN2/c1-10(2)7-8-17(4)12-5-6-13(11(3)16)14(15)9-12/h5-6,9-11H,7-8,16H2,1-4H3/t11-/m1/s1. The number of hydrogen-bond acceptors (Lipinski definition) is 2. The van der Waals surface area contributed by atoms with Crippen LogP contribution < -0.4 is 10.6 Å². The van der Waals surface area contributed by atoms with Crippen molar-refractivity contribution in [2.45, 2.75) is 33.2 Å². The molecule has 0 saturated carbocycles. The van der Waals surface area contributed by atoms with Gasteiger partial charge in [-0.25, -0.2) is 0 Å². The molecule has 0 heterocycles. The Kier molecular flexibility index (Phi) is 5.47. The quantitative estimate of drug-likeness (QED) is 0.892. The summed E-state index contributed by atoms with van der Waals surface area (Å²) >= 11 is 3.59. The minimum Gasteiger partial charge on any atom is -0.375 e. The Morgan fingerprint density at radius 2 is 1.94 bits per heavy atom. The molecule has 1 aromatic rings. The fourth-order valence-corrected chi connectivity index (χ4v) is 2.43. The third-order valence-corrected chi connectivity index (χ3v) is 3.64. The molecule has 0 radical (unpaired) electrons. The van der Waals surface area contributed by atoms with Crippen molar-refractivity contribution in [3.8, 4) is 0 Å². The molecule has 1 atom stereocenters. The zero-order valence-corrected chi connectivity index (χ0v) is 12.8. The molecule has 1 aromatic carbocycles. The molecule has 0 amide bonds. The molecule has 0 saturated heterocycles. The smallest absolute Gasteiger partial charge is 0.0375 e. The minimum atomic E-state index is 0.0689. The number of halogens is 1. The van der Waals surface area contributed by atoms with Crippen molar-refractivity contribution < 1.29 is 0 Å². The average Bonchev–Trinajstić information content (AvgIpc) is 2.25. The first kappa shape index (κ1) is 14.5. The van der Waals surface area contributed by atoms with Gasteiger partial charge in [-0.1, -0.05) is 35.8 Å². The fourth-order valence-electron chi connectivity index (χ4n) is 1.70. The summed E-state index contributed by atoms with van der Waals surface area (Å²) in [4.78, 5) is 2.29. The predicted molar refractivity (Wildman–Crippen MR) is 79.5 cm³/mol. The highest BCUT2D eigenvalue weighted by atomic mass is 79.9. The van der Waals surface area contributed by atoms with E-state index in [0.717, 1.165) is 22.5 Å². The van der Waals surface area contributed by atoms with E-state index < -0.39 is 0 Å². The van der Waals surface area contributed by atoms with Gasteiger partial charge in [0.1, 0.15) is 0 Å². The summed E-state index contributed by atoms with van der Waals surface area (Å²) in [6.45, 7) is 7.59. The Labute approximate surface area is 113 Å². The Morgan fingerprint density at radius 3 is 2.41 bits per heavy atom. The largest absolute Gasteiger partial charge is 0.375 e. The summed E-state index contributed by atoms with van der Waals surface area (Å²) in [5, 5.41) is 0. The number of hydrogen-bond donors (Lipinski definition) is 1. The van der Waals surface area contributed by atoms with Crippen molar-refractivity contribution in [3.05, 3.63) is 28.2 Å². The van der Waals surface area contributed by atoms with Crippen LogP contribution >= 0.6 is 15.9 Å². The number of nitrogens with zero attached hydrogens (tertiary/aromatic N) is 1. The first-order chi connectivity index (χ1) is 7.91. The van der Waals surface area contributed by atoms with Crippen LogP contribution in [-0.4, -0.2) is 13.6 Å². The molecule has 0 bridgehead atoms. The first-order valence-electron chi connectivity index (χ1n) is 6.18. The second-order valence-corrected chi connectivity index (χ2v) is 5.95. The molecule has 2 nitrogen and oxygen atoms in total. The van der Waals surface area contributed by atoms with Gasteiger partial charge in [0.2, 0.25) is 0 Å². The van der Waals surface area contributed by atoms with E-state index in [2.05, 4.69) is 59.9 Å². The third-order valence-electron chi connectivity index (χ3n) is 2.96. The van der Waals surface area contributed by atoms with Gasteiger partial charge in [-0.15, -0.1) is 0 Å². The van der Waals surface area contributed by atoms with Crippen molar-refractivity contribution in [2.24, 2.45) is 11.7 Å². The predicted octanol–water partition coefficient (Wildman–Crippen LogP) is 3.95. The van der Waals surface area contributed by atoms with E-state index in [4.69, 9.17) is 5.73 Å². The minimum absolute atomic E-state index is 0.0689. The molecule has 0 spiro atoms. The van der Waals surface area contributed by atoms with Gasteiger partial charge >= 0.3 is 0 Å². The van der Waals surface area contributed by atoms with E-state index in [1.54, 1.807) is 0 Å². The van der Waals surface area contributed by atoms with Crippen LogP contribution in [0.4, 0.5) is 5.69 Å². The SMILES string of the molecule is CC(C)CCN(C)c1ccc([C@@H](C)N)c(Br)c1. The van der Waals surface area contributed by atoms with Crippen molar-refractivity contribution in [1.29, 1.82) is 0 Å². The summed E-state index contributed by atoms with van der Waals surface area (Å²) in [6.07, 6.45) is 1.21. The van der Waals surface area contributed by atoms with Crippen LogP contribution in [-0.2, 0) is 0 Å². The molecule has 96 valence electrons. The van der Waals surface area contributed by atoms with Crippen LogP contribution in [0.5, 0.6) is 0 Å². The Bertz CT molecular complexity index is 361. The second-order valence-electron chi connectivity index (χ2n) is 5.10. The molecule has 0 aliphatic rings. The molecule has 17 heavy (non-hydrogen) atoms. The average molecular weight is 299 g/mol. The molecule has 0 aliphatic heterocycles. The third kappa shape index (κ3) is 4.32. The van der Waals surface area contributed by atoms with Crippen molar-refractivity contribution in [2.75, 3.05) is 18.5 Å². The number of nitrogens with two attached hydrogens (primary N) is 1. The van der Waals surface area contributed by atoms with E-state index >= 15 is 0 Å². The Balaban J connectivity index is 2.75. The summed E-state index contributed by atoms with van der Waals surface area (Å²) in [7, 11) is 2.13. The number of benzene rings is 1. The van der Waals surface area contributed by atoms with Gasteiger partial charge in [0, 0.05) is 29.8 Å². The normalized spacial score (nSPS) is 12.9. The monoisotopic (exact) mass is 298 g/mol. The highest BCUT2D eigenvalue weighted by molar-refractivity contribution is 9.10. The van der Waals surface area contributed by atoms with Gasteiger partial charge in [0.25, 0.3) is 0 Å². The maximum atomic E-state index is 5.90. The van der Waals surface area contributed by atoms with Gasteiger partial charge in [-0.2, -0.15) is 0 Å².